The second-order valence-corrected chi connectivity index (χ2v) is 8.03. The second-order valence-electron chi connectivity index (χ2n) is 7.66. The van der Waals surface area contributed by atoms with Gasteiger partial charge in [0.25, 0.3) is 0 Å². The molecule has 0 radical (unpaired) electrons. The molecule has 14 nitrogen and oxygen atoms in total. The maximum Gasteiger partial charge on any atom is 0.326 e. The summed E-state index contributed by atoms with van der Waals surface area (Å²) in [5.74, 6) is -5.79. The van der Waals surface area contributed by atoms with Gasteiger partial charge in [-0.15, -0.1) is 0 Å². The molecule has 194 valence electrons. The highest BCUT2D eigenvalue weighted by Crippen LogP contribution is 2.07. The molecule has 0 rings (SSSR count). The van der Waals surface area contributed by atoms with Crippen LogP contribution < -0.4 is 33.2 Å². The molecule has 0 aliphatic carbocycles. The van der Waals surface area contributed by atoms with Crippen molar-refractivity contribution in [2.45, 2.75) is 63.7 Å². The van der Waals surface area contributed by atoms with Crippen LogP contribution in [0.5, 0.6) is 0 Å². The van der Waals surface area contributed by atoms with Crippen molar-refractivity contribution < 1.29 is 34.2 Å². The summed E-state index contributed by atoms with van der Waals surface area (Å²) in [5.41, 5.74) is 16.2. The van der Waals surface area contributed by atoms with Gasteiger partial charge in [0.05, 0.1) is 12.5 Å². The number of carboxylic acids is 2. The zero-order valence-electron chi connectivity index (χ0n) is 19.2. The molecule has 5 unspecified atom stereocenters. The molecule has 3 amide bonds. The summed E-state index contributed by atoms with van der Waals surface area (Å²) in [4.78, 5) is 63.9. The summed E-state index contributed by atoms with van der Waals surface area (Å²) in [7, 11) is 0. The topological polar surface area (TPSA) is 252 Å². The zero-order valence-corrected chi connectivity index (χ0v) is 20.1. The highest BCUT2D eigenvalue weighted by molar-refractivity contribution is 7.80. The average Bonchev–Trinajstić information content (AvgIpc) is 2.76. The molecule has 0 heterocycles. The lowest BCUT2D eigenvalue weighted by Gasteiger charge is -2.24. The summed E-state index contributed by atoms with van der Waals surface area (Å²) in [5, 5.41) is 25.3. The van der Waals surface area contributed by atoms with Gasteiger partial charge in [-0.1, -0.05) is 20.3 Å². The Balaban J connectivity index is 5.24. The van der Waals surface area contributed by atoms with Crippen LogP contribution >= 0.6 is 12.6 Å². The molecular weight excluding hydrogens is 470 g/mol. The number of hydrogen-bond acceptors (Lipinski definition) is 8. The van der Waals surface area contributed by atoms with Gasteiger partial charge in [-0.3, -0.25) is 24.2 Å². The van der Waals surface area contributed by atoms with Crippen molar-refractivity contribution >= 4 is 48.2 Å². The predicted octanol–water partition coefficient (Wildman–Crippen LogP) is -2.64. The summed E-state index contributed by atoms with van der Waals surface area (Å²) in [6.45, 7) is 3.71. The van der Waals surface area contributed by atoms with E-state index in [0.29, 0.717) is 6.42 Å². The van der Waals surface area contributed by atoms with Gasteiger partial charge in [0.2, 0.25) is 17.7 Å². The molecule has 0 saturated carbocycles. The maximum atomic E-state index is 12.6. The fourth-order valence-electron chi connectivity index (χ4n) is 2.66. The van der Waals surface area contributed by atoms with Crippen molar-refractivity contribution in [1.29, 1.82) is 0 Å². The Morgan fingerprint density at radius 2 is 1.47 bits per heavy atom. The number of guanidine groups is 1. The van der Waals surface area contributed by atoms with E-state index in [2.05, 4.69) is 33.6 Å². The number of rotatable bonds is 16. The van der Waals surface area contributed by atoms with Gasteiger partial charge in [-0.25, -0.2) is 4.79 Å². The minimum atomic E-state index is -1.51. The van der Waals surface area contributed by atoms with Gasteiger partial charge in [0.15, 0.2) is 5.96 Å². The number of thiol groups is 1. The summed E-state index contributed by atoms with van der Waals surface area (Å²) >= 11 is 4.00. The van der Waals surface area contributed by atoms with Gasteiger partial charge < -0.3 is 43.4 Å². The number of aliphatic carboxylic acids is 2. The summed E-state index contributed by atoms with van der Waals surface area (Å²) in [6, 6.07) is -5.06. The molecule has 11 N–H and O–H groups in total. The van der Waals surface area contributed by atoms with Crippen LogP contribution in [0, 0.1) is 5.92 Å². The lowest BCUT2D eigenvalue weighted by atomic mass is 9.99. The number of amides is 3. The fourth-order valence-corrected chi connectivity index (χ4v) is 2.92. The van der Waals surface area contributed by atoms with E-state index in [1.165, 1.54) is 0 Å². The van der Waals surface area contributed by atoms with Crippen LogP contribution in [-0.2, 0) is 24.0 Å². The Morgan fingerprint density at radius 3 is 1.94 bits per heavy atom. The fraction of sp³-hybridized carbons (Fsp3) is 0.684. The molecule has 0 saturated heterocycles. The number of nitrogens with zero attached hydrogens (tertiary/aromatic N) is 1. The largest absolute Gasteiger partial charge is 0.481 e. The third-order valence-electron chi connectivity index (χ3n) is 4.95. The van der Waals surface area contributed by atoms with E-state index in [-0.39, 0.29) is 37.0 Å². The van der Waals surface area contributed by atoms with E-state index in [1.54, 1.807) is 6.92 Å². The number of carbonyl (C=O) groups is 5. The van der Waals surface area contributed by atoms with E-state index in [4.69, 9.17) is 22.3 Å². The summed E-state index contributed by atoms with van der Waals surface area (Å²) in [6.07, 6.45) is 0.101. The van der Waals surface area contributed by atoms with E-state index in [9.17, 15) is 29.1 Å². The van der Waals surface area contributed by atoms with Crippen LogP contribution in [0.3, 0.4) is 0 Å². The van der Waals surface area contributed by atoms with Crippen LogP contribution in [0.4, 0.5) is 0 Å². The smallest absolute Gasteiger partial charge is 0.326 e. The molecule has 5 atom stereocenters. The molecule has 0 aromatic rings. The van der Waals surface area contributed by atoms with E-state index >= 15 is 0 Å². The predicted molar refractivity (Wildman–Crippen MR) is 127 cm³/mol. The quantitative estimate of drug-likeness (QED) is 0.0456. The molecule has 0 spiro atoms. The van der Waals surface area contributed by atoms with Gasteiger partial charge in [-0.05, 0) is 18.8 Å². The van der Waals surface area contributed by atoms with Gasteiger partial charge in [0.1, 0.15) is 18.1 Å². The first kappa shape index (κ1) is 30.9. The lowest BCUT2D eigenvalue weighted by molar-refractivity contribution is -0.143. The normalized spacial score (nSPS) is 15.1. The molecule has 0 bridgehead atoms. The lowest BCUT2D eigenvalue weighted by Crippen LogP contribution is -2.58. The first-order chi connectivity index (χ1) is 15.8. The van der Waals surface area contributed by atoms with Crippen molar-refractivity contribution in [3.05, 3.63) is 0 Å². The van der Waals surface area contributed by atoms with E-state index in [1.807, 2.05) is 6.92 Å². The molecule has 0 aliphatic heterocycles. The highest BCUT2D eigenvalue weighted by atomic mass is 32.1. The van der Waals surface area contributed by atoms with Crippen molar-refractivity contribution in [1.82, 2.24) is 16.0 Å². The molecule has 0 aromatic heterocycles. The molecule has 15 heteroatoms. The first-order valence-corrected chi connectivity index (χ1v) is 11.2. The van der Waals surface area contributed by atoms with Crippen molar-refractivity contribution in [2.75, 3.05) is 12.3 Å². The van der Waals surface area contributed by atoms with Crippen molar-refractivity contribution in [3.8, 4) is 0 Å². The van der Waals surface area contributed by atoms with E-state index in [0.717, 1.165) is 0 Å². The van der Waals surface area contributed by atoms with Crippen LogP contribution in [0.2, 0.25) is 0 Å². The van der Waals surface area contributed by atoms with Crippen LogP contribution in [0.15, 0.2) is 4.99 Å². The molecule has 34 heavy (non-hydrogen) atoms. The average molecular weight is 506 g/mol. The molecule has 0 aromatic carbocycles. The van der Waals surface area contributed by atoms with Crippen molar-refractivity contribution in [3.63, 3.8) is 0 Å². The van der Waals surface area contributed by atoms with Gasteiger partial charge in [-0.2, -0.15) is 12.6 Å². The standard InChI is InChI=1S/C19H35N7O7S/c1-3-9(2)14(20)17(31)25-11(7-13(27)28)15(29)26-12(8-34)16(30)24-10(18(32)33)5-4-6-23-19(21)22/h9-12,14,34H,3-8,20H2,1-2H3,(H,24,30)(H,25,31)(H,26,29)(H,27,28)(H,32,33)(H4,21,22,23). The zero-order chi connectivity index (χ0) is 26.4. The minimum absolute atomic E-state index is 0.0102. The maximum absolute atomic E-state index is 12.6. The second kappa shape index (κ2) is 15.7. The molecular formula is C19H35N7O7S. The van der Waals surface area contributed by atoms with Crippen LogP contribution in [0.25, 0.3) is 0 Å². The number of hydrogen-bond donors (Lipinski definition) is 9. The van der Waals surface area contributed by atoms with Crippen LogP contribution in [-0.4, -0.2) is 82.3 Å². The Labute approximate surface area is 202 Å². The Bertz CT molecular complexity index is 761. The van der Waals surface area contributed by atoms with Crippen molar-refractivity contribution in [2.24, 2.45) is 28.1 Å². The Kier molecular flexibility index (Phi) is 14.3. The Hall–Kier alpha value is -3.07. The SMILES string of the molecule is CCC(C)C(N)C(=O)NC(CC(=O)O)C(=O)NC(CS)C(=O)NC(CCCN=C(N)N)C(=O)O. The third-order valence-corrected chi connectivity index (χ3v) is 5.31. The molecule has 0 aliphatic rings. The summed E-state index contributed by atoms with van der Waals surface area (Å²) < 4.78 is 0. The molecule has 0 fully saturated rings. The Morgan fingerprint density at radius 1 is 0.941 bits per heavy atom. The van der Waals surface area contributed by atoms with Gasteiger partial charge in [0, 0.05) is 12.3 Å². The van der Waals surface area contributed by atoms with E-state index < -0.39 is 60.2 Å². The van der Waals surface area contributed by atoms with Crippen LogP contribution in [0.1, 0.15) is 39.5 Å². The third kappa shape index (κ3) is 11.7. The van der Waals surface area contributed by atoms with Gasteiger partial charge >= 0.3 is 11.9 Å². The number of nitrogens with one attached hydrogen (secondary N) is 3. The monoisotopic (exact) mass is 505 g/mol. The first-order valence-electron chi connectivity index (χ1n) is 10.6. The number of carbonyl (C=O) groups excluding carboxylic acids is 3. The number of nitrogens with two attached hydrogens (primary N) is 3. The number of aliphatic imine (C=N–C) groups is 1. The minimum Gasteiger partial charge on any atom is -0.481 e. The number of carboxylic acid groups (broad SMARTS) is 2. The highest BCUT2D eigenvalue weighted by Gasteiger charge is 2.31.